The first-order valence-corrected chi connectivity index (χ1v) is 5.00. The van der Waals surface area contributed by atoms with Gasteiger partial charge >= 0.3 is 5.65 Å². The zero-order chi connectivity index (χ0) is 10.3. The van der Waals surface area contributed by atoms with Crippen molar-refractivity contribution >= 4 is 5.65 Å². The Labute approximate surface area is 84.0 Å². The van der Waals surface area contributed by atoms with Gasteiger partial charge < -0.3 is 0 Å². The van der Waals surface area contributed by atoms with Crippen molar-refractivity contribution in [2.75, 3.05) is 0 Å². The van der Waals surface area contributed by atoms with E-state index >= 15 is 0 Å². The molecule has 2 rings (SSSR count). The van der Waals surface area contributed by atoms with Crippen molar-refractivity contribution in [3.8, 4) is 0 Å². The predicted octanol–water partition coefficient (Wildman–Crippen LogP) is 1.57. The number of rotatable bonds is 1. The molecule has 0 N–H and O–H groups in total. The van der Waals surface area contributed by atoms with Gasteiger partial charge in [0.2, 0.25) is 0 Å². The summed E-state index contributed by atoms with van der Waals surface area (Å²) in [5, 5.41) is 4.46. The third-order valence-electron chi connectivity index (χ3n) is 2.58. The summed E-state index contributed by atoms with van der Waals surface area (Å²) in [4.78, 5) is 0. The Morgan fingerprint density at radius 2 is 2.00 bits per heavy atom. The van der Waals surface area contributed by atoms with Crippen molar-refractivity contribution in [1.29, 1.82) is 0 Å². The van der Waals surface area contributed by atoms with E-state index in [0.717, 1.165) is 12.2 Å². The summed E-state index contributed by atoms with van der Waals surface area (Å²) in [5.41, 5.74) is 4.73. The van der Waals surface area contributed by atoms with Gasteiger partial charge in [0.05, 0.1) is 18.3 Å². The van der Waals surface area contributed by atoms with E-state index in [0.29, 0.717) is 0 Å². The van der Waals surface area contributed by atoms with Crippen molar-refractivity contribution < 1.29 is 4.57 Å². The van der Waals surface area contributed by atoms with E-state index in [-0.39, 0.29) is 0 Å². The van der Waals surface area contributed by atoms with E-state index in [2.05, 4.69) is 42.6 Å². The fourth-order valence-corrected chi connectivity index (χ4v) is 1.97. The second kappa shape index (κ2) is 3.08. The summed E-state index contributed by atoms with van der Waals surface area (Å²) in [6, 6.07) is 4.30. The fourth-order valence-electron chi connectivity index (χ4n) is 1.97. The van der Waals surface area contributed by atoms with E-state index in [1.54, 1.807) is 0 Å². The smallest absolute Gasteiger partial charge is 0.230 e. The van der Waals surface area contributed by atoms with Crippen LogP contribution < -0.4 is 4.57 Å². The van der Waals surface area contributed by atoms with Crippen LogP contribution in [0, 0.1) is 20.8 Å². The number of hydrogen-bond donors (Lipinski definition) is 0. The third kappa shape index (κ3) is 1.20. The van der Waals surface area contributed by atoms with Crippen LogP contribution in [0.25, 0.3) is 5.65 Å². The van der Waals surface area contributed by atoms with Crippen LogP contribution >= 0.6 is 0 Å². The number of nitrogens with zero attached hydrogens (tertiary/aromatic N) is 3. The molecule has 0 saturated heterocycles. The van der Waals surface area contributed by atoms with Crippen LogP contribution in [-0.4, -0.2) is 9.61 Å². The second-order valence-electron chi connectivity index (χ2n) is 3.73. The standard InChI is InChI=1S/C11H16N3/c1-5-13-9(3)7-10(4)14-11(13)6-8(2)12-14/h6-7H,5H2,1-4H3/q+1. The minimum absolute atomic E-state index is 0.987. The number of hydrogen-bond acceptors (Lipinski definition) is 1. The van der Waals surface area contributed by atoms with Crippen molar-refractivity contribution in [3.63, 3.8) is 0 Å². The van der Waals surface area contributed by atoms with E-state index in [4.69, 9.17) is 0 Å². The molecule has 0 atom stereocenters. The summed E-state index contributed by atoms with van der Waals surface area (Å²) in [6.07, 6.45) is 0. The first-order chi connectivity index (χ1) is 6.63. The van der Waals surface area contributed by atoms with Crippen molar-refractivity contribution in [3.05, 3.63) is 29.2 Å². The molecule has 0 bridgehead atoms. The van der Waals surface area contributed by atoms with Gasteiger partial charge in [-0.15, -0.1) is 4.52 Å². The van der Waals surface area contributed by atoms with Crippen molar-refractivity contribution in [1.82, 2.24) is 9.61 Å². The molecule has 14 heavy (non-hydrogen) atoms. The van der Waals surface area contributed by atoms with E-state index in [1.807, 2.05) is 11.4 Å². The molecule has 0 aliphatic carbocycles. The van der Waals surface area contributed by atoms with Gasteiger partial charge in [0.1, 0.15) is 11.4 Å². The second-order valence-corrected chi connectivity index (χ2v) is 3.73. The van der Waals surface area contributed by atoms with Gasteiger partial charge in [0, 0.05) is 13.0 Å². The maximum absolute atomic E-state index is 4.46. The largest absolute Gasteiger partial charge is 0.309 e. The topological polar surface area (TPSA) is 21.2 Å². The van der Waals surface area contributed by atoms with Gasteiger partial charge in [-0.3, -0.25) is 0 Å². The van der Waals surface area contributed by atoms with Gasteiger partial charge in [-0.1, -0.05) is 5.10 Å². The zero-order valence-electron chi connectivity index (χ0n) is 9.20. The Hall–Kier alpha value is -1.38. The lowest BCUT2D eigenvalue weighted by Gasteiger charge is -2.02. The highest BCUT2D eigenvalue weighted by molar-refractivity contribution is 5.35. The van der Waals surface area contributed by atoms with E-state index < -0.39 is 0 Å². The van der Waals surface area contributed by atoms with E-state index in [1.165, 1.54) is 17.0 Å². The molecule has 0 spiro atoms. The normalized spacial score (nSPS) is 11.1. The number of aromatic nitrogens is 3. The summed E-state index contributed by atoms with van der Waals surface area (Å²) in [5.74, 6) is 0. The van der Waals surface area contributed by atoms with E-state index in [9.17, 15) is 0 Å². The Bertz CT molecular complexity index is 483. The maximum atomic E-state index is 4.46. The molecule has 0 radical (unpaired) electrons. The average Bonchev–Trinajstić information content (AvgIpc) is 2.48. The number of aryl methyl sites for hydroxylation is 4. The molecule has 2 heterocycles. The highest BCUT2D eigenvalue weighted by Crippen LogP contribution is 2.06. The predicted molar refractivity (Wildman–Crippen MR) is 55.3 cm³/mol. The average molecular weight is 190 g/mol. The Morgan fingerprint density at radius 1 is 1.29 bits per heavy atom. The molecular weight excluding hydrogens is 174 g/mol. The first-order valence-electron chi connectivity index (χ1n) is 5.00. The van der Waals surface area contributed by atoms with Crippen LogP contribution in [0.15, 0.2) is 12.1 Å². The molecule has 0 unspecified atom stereocenters. The van der Waals surface area contributed by atoms with Gasteiger partial charge in [-0.25, -0.2) is 4.57 Å². The van der Waals surface area contributed by atoms with Crippen LogP contribution in [0.5, 0.6) is 0 Å². The van der Waals surface area contributed by atoms with Crippen LogP contribution in [0.3, 0.4) is 0 Å². The highest BCUT2D eigenvalue weighted by atomic mass is 15.3. The lowest BCUT2D eigenvalue weighted by atomic mass is 10.3. The van der Waals surface area contributed by atoms with Crippen LogP contribution in [0.4, 0.5) is 0 Å². The van der Waals surface area contributed by atoms with Crippen molar-refractivity contribution in [2.45, 2.75) is 34.2 Å². The maximum Gasteiger partial charge on any atom is 0.309 e. The summed E-state index contributed by atoms with van der Waals surface area (Å²) >= 11 is 0. The zero-order valence-corrected chi connectivity index (χ0v) is 9.20. The molecule has 0 aromatic carbocycles. The minimum atomic E-state index is 0.987. The van der Waals surface area contributed by atoms with Crippen LogP contribution in [0.1, 0.15) is 24.0 Å². The molecule has 0 amide bonds. The molecule has 0 fully saturated rings. The number of fused-ring (bicyclic) bond motifs is 1. The molecule has 3 heteroatoms. The molecule has 3 nitrogen and oxygen atoms in total. The van der Waals surface area contributed by atoms with Gasteiger partial charge in [-0.05, 0) is 20.8 Å². The molecule has 0 aliphatic heterocycles. The summed E-state index contributed by atoms with van der Waals surface area (Å²) in [7, 11) is 0. The molecule has 2 aromatic rings. The SMILES string of the molecule is CC[n+]1c(C)cc(C)n2nc(C)cc21. The quantitative estimate of drug-likeness (QED) is 0.625. The molecule has 0 saturated carbocycles. The fraction of sp³-hybridized carbons (Fsp3) is 0.455. The first kappa shape index (κ1) is 9.19. The Morgan fingerprint density at radius 3 is 2.64 bits per heavy atom. The van der Waals surface area contributed by atoms with Crippen LogP contribution in [-0.2, 0) is 6.54 Å². The molecule has 74 valence electrons. The molecule has 2 aromatic heterocycles. The van der Waals surface area contributed by atoms with Gasteiger partial charge in [0.25, 0.3) is 0 Å². The summed E-state index contributed by atoms with van der Waals surface area (Å²) < 4.78 is 4.28. The van der Waals surface area contributed by atoms with Gasteiger partial charge in [0.15, 0.2) is 0 Å². The molecule has 0 aliphatic rings. The molecular formula is C11H16N3+. The van der Waals surface area contributed by atoms with Crippen LogP contribution in [0.2, 0.25) is 0 Å². The third-order valence-corrected chi connectivity index (χ3v) is 2.58. The monoisotopic (exact) mass is 190 g/mol. The summed E-state index contributed by atoms with van der Waals surface area (Å²) in [6.45, 7) is 9.40. The Kier molecular flexibility index (Phi) is 2.02. The minimum Gasteiger partial charge on any atom is -0.230 e. The highest BCUT2D eigenvalue weighted by Gasteiger charge is 2.15. The lowest BCUT2D eigenvalue weighted by molar-refractivity contribution is -0.677. The van der Waals surface area contributed by atoms with Gasteiger partial charge in [-0.2, -0.15) is 0 Å². The van der Waals surface area contributed by atoms with Crippen molar-refractivity contribution in [2.24, 2.45) is 0 Å². The lowest BCUT2D eigenvalue weighted by Crippen LogP contribution is -2.38. The Balaban J connectivity index is 2.89.